The van der Waals surface area contributed by atoms with Crippen LogP contribution < -0.4 is 10.3 Å². The van der Waals surface area contributed by atoms with Crippen molar-refractivity contribution in [1.29, 1.82) is 0 Å². The molecule has 0 unspecified atom stereocenters. The molecule has 2 aromatic heterocycles. The maximum atomic E-state index is 13.4. The van der Waals surface area contributed by atoms with Crippen molar-refractivity contribution in [2.45, 2.75) is 20.4 Å². The van der Waals surface area contributed by atoms with Gasteiger partial charge in [0.05, 0.1) is 11.9 Å². The predicted molar refractivity (Wildman–Crippen MR) is 118 cm³/mol. The number of benzene rings is 2. The maximum absolute atomic E-state index is 13.4. The molecule has 4 aromatic rings. The number of pyridine rings is 1. The van der Waals surface area contributed by atoms with E-state index in [1.807, 2.05) is 32.0 Å². The Morgan fingerprint density at radius 1 is 1.07 bits per heavy atom. The number of carbonyl (C=O) groups excluding carboxylic acids is 1. The molecule has 0 atom stereocenters. The summed E-state index contributed by atoms with van der Waals surface area (Å²) in [6, 6.07) is 17.5. The lowest BCUT2D eigenvalue weighted by molar-refractivity contribution is 0.0958. The molecule has 0 fully saturated rings. The zero-order valence-corrected chi connectivity index (χ0v) is 17.3. The standard InChI is InChI=1S/C24H19ClN2O3/c1-15-10-16(2)23-19(11-15)20(28)13-21(30-23)24(29)27(22-8-3-4-9-26-22)14-17-6-5-7-18(25)12-17/h3-13H,14H2,1-2H3. The summed E-state index contributed by atoms with van der Waals surface area (Å²) in [5.74, 6) is -0.0364. The summed E-state index contributed by atoms with van der Waals surface area (Å²) in [5, 5.41) is 1.03. The van der Waals surface area contributed by atoms with E-state index in [4.69, 9.17) is 16.0 Å². The van der Waals surface area contributed by atoms with E-state index in [0.29, 0.717) is 21.8 Å². The SMILES string of the molecule is Cc1cc(C)c2oc(C(=O)N(Cc3cccc(Cl)c3)c3ccccn3)cc(=O)c2c1. The minimum absolute atomic E-state index is 0.0351. The number of anilines is 1. The van der Waals surface area contributed by atoms with Crippen LogP contribution in [0.4, 0.5) is 5.82 Å². The number of aryl methyl sites for hydroxylation is 2. The van der Waals surface area contributed by atoms with Crippen LogP contribution in [0.1, 0.15) is 27.2 Å². The van der Waals surface area contributed by atoms with Crippen LogP contribution in [-0.4, -0.2) is 10.9 Å². The monoisotopic (exact) mass is 418 g/mol. The molecule has 30 heavy (non-hydrogen) atoms. The number of carbonyl (C=O) groups is 1. The first-order valence-electron chi connectivity index (χ1n) is 9.45. The van der Waals surface area contributed by atoms with Gasteiger partial charge in [-0.3, -0.25) is 14.5 Å². The summed E-state index contributed by atoms with van der Waals surface area (Å²) in [6.07, 6.45) is 1.61. The van der Waals surface area contributed by atoms with Crippen LogP contribution in [0, 0.1) is 13.8 Å². The van der Waals surface area contributed by atoms with Crippen LogP contribution >= 0.6 is 11.6 Å². The first kappa shape index (κ1) is 19.9. The topological polar surface area (TPSA) is 63.4 Å². The molecular formula is C24H19ClN2O3. The highest BCUT2D eigenvalue weighted by molar-refractivity contribution is 6.30. The smallest absolute Gasteiger partial charge is 0.295 e. The molecule has 5 nitrogen and oxygen atoms in total. The molecule has 150 valence electrons. The Morgan fingerprint density at radius 3 is 2.63 bits per heavy atom. The van der Waals surface area contributed by atoms with Crippen molar-refractivity contribution in [3.05, 3.63) is 105 Å². The van der Waals surface area contributed by atoms with Gasteiger partial charge in [-0.15, -0.1) is 0 Å². The van der Waals surface area contributed by atoms with E-state index in [1.54, 1.807) is 42.6 Å². The first-order chi connectivity index (χ1) is 14.4. The van der Waals surface area contributed by atoms with Crippen molar-refractivity contribution in [3.8, 4) is 0 Å². The van der Waals surface area contributed by atoms with Gasteiger partial charge in [-0.05, 0) is 60.9 Å². The molecule has 0 spiro atoms. The molecule has 4 rings (SSSR count). The van der Waals surface area contributed by atoms with Crippen LogP contribution in [-0.2, 0) is 6.54 Å². The Balaban J connectivity index is 1.81. The Hall–Kier alpha value is -3.44. The first-order valence-corrected chi connectivity index (χ1v) is 9.82. The second-order valence-corrected chi connectivity index (χ2v) is 7.58. The van der Waals surface area contributed by atoms with Crippen molar-refractivity contribution in [2.75, 3.05) is 4.90 Å². The summed E-state index contributed by atoms with van der Waals surface area (Å²) in [6.45, 7) is 4.00. The molecule has 0 bridgehead atoms. The van der Waals surface area contributed by atoms with Gasteiger partial charge in [-0.2, -0.15) is 0 Å². The van der Waals surface area contributed by atoms with Crippen molar-refractivity contribution in [1.82, 2.24) is 4.98 Å². The quantitative estimate of drug-likeness (QED) is 0.450. The average Bonchev–Trinajstić information content (AvgIpc) is 2.73. The number of hydrogen-bond acceptors (Lipinski definition) is 4. The number of halogens is 1. The number of fused-ring (bicyclic) bond motifs is 1. The minimum atomic E-state index is -0.451. The Bertz CT molecular complexity index is 1300. The van der Waals surface area contributed by atoms with E-state index in [1.165, 1.54) is 11.0 Å². The largest absolute Gasteiger partial charge is 0.450 e. The van der Waals surface area contributed by atoms with Gasteiger partial charge in [0.1, 0.15) is 11.4 Å². The second kappa shape index (κ2) is 8.13. The number of hydrogen-bond donors (Lipinski definition) is 0. The van der Waals surface area contributed by atoms with Gasteiger partial charge in [-0.1, -0.05) is 35.9 Å². The van der Waals surface area contributed by atoms with Crippen molar-refractivity contribution >= 4 is 34.3 Å². The second-order valence-electron chi connectivity index (χ2n) is 7.14. The fourth-order valence-electron chi connectivity index (χ4n) is 3.44. The summed E-state index contributed by atoms with van der Waals surface area (Å²) in [7, 11) is 0. The lowest BCUT2D eigenvalue weighted by atomic mass is 10.1. The fraction of sp³-hybridized carbons (Fsp3) is 0.125. The highest BCUT2D eigenvalue weighted by Crippen LogP contribution is 2.23. The van der Waals surface area contributed by atoms with Gasteiger partial charge in [0, 0.05) is 17.3 Å². The minimum Gasteiger partial charge on any atom is -0.450 e. The van der Waals surface area contributed by atoms with E-state index in [2.05, 4.69) is 4.98 Å². The Morgan fingerprint density at radius 2 is 1.90 bits per heavy atom. The normalized spacial score (nSPS) is 10.9. The zero-order chi connectivity index (χ0) is 21.3. The molecule has 2 heterocycles. The summed E-state index contributed by atoms with van der Waals surface area (Å²) in [5.41, 5.74) is 2.75. The van der Waals surface area contributed by atoms with Gasteiger partial charge in [-0.25, -0.2) is 4.98 Å². The highest BCUT2D eigenvalue weighted by Gasteiger charge is 2.23. The molecule has 0 aliphatic heterocycles. The number of rotatable bonds is 4. The summed E-state index contributed by atoms with van der Waals surface area (Å²) >= 11 is 6.11. The van der Waals surface area contributed by atoms with Crippen LogP contribution in [0.5, 0.6) is 0 Å². The van der Waals surface area contributed by atoms with Crippen molar-refractivity contribution in [3.63, 3.8) is 0 Å². The predicted octanol–water partition coefficient (Wildman–Crippen LogP) is 5.31. The Kier molecular flexibility index (Phi) is 5.38. The van der Waals surface area contributed by atoms with E-state index < -0.39 is 5.91 Å². The molecule has 6 heteroatoms. The van der Waals surface area contributed by atoms with Crippen LogP contribution in [0.15, 0.2) is 76.1 Å². The molecule has 0 radical (unpaired) electrons. The molecule has 0 saturated carbocycles. The summed E-state index contributed by atoms with van der Waals surface area (Å²) < 4.78 is 5.91. The molecular weight excluding hydrogens is 400 g/mol. The molecule has 2 aromatic carbocycles. The van der Waals surface area contributed by atoms with Crippen LogP contribution in [0.3, 0.4) is 0 Å². The van der Waals surface area contributed by atoms with E-state index in [-0.39, 0.29) is 17.7 Å². The van der Waals surface area contributed by atoms with E-state index >= 15 is 0 Å². The van der Waals surface area contributed by atoms with Gasteiger partial charge in [0.25, 0.3) is 5.91 Å². The summed E-state index contributed by atoms with van der Waals surface area (Å²) in [4.78, 5) is 31.9. The number of aromatic nitrogens is 1. The van der Waals surface area contributed by atoms with E-state index in [9.17, 15) is 9.59 Å². The van der Waals surface area contributed by atoms with Crippen molar-refractivity contribution < 1.29 is 9.21 Å². The van der Waals surface area contributed by atoms with Gasteiger partial charge < -0.3 is 4.42 Å². The number of amides is 1. The third-order valence-electron chi connectivity index (χ3n) is 4.77. The molecule has 0 saturated heterocycles. The zero-order valence-electron chi connectivity index (χ0n) is 16.6. The lowest BCUT2D eigenvalue weighted by Crippen LogP contribution is -2.31. The van der Waals surface area contributed by atoms with Gasteiger partial charge in [0.2, 0.25) is 0 Å². The number of nitrogens with zero attached hydrogens (tertiary/aromatic N) is 2. The third kappa shape index (κ3) is 3.98. The van der Waals surface area contributed by atoms with Crippen LogP contribution in [0.25, 0.3) is 11.0 Å². The van der Waals surface area contributed by atoms with E-state index in [0.717, 1.165) is 16.7 Å². The lowest BCUT2D eigenvalue weighted by Gasteiger charge is -2.21. The molecule has 0 aliphatic rings. The third-order valence-corrected chi connectivity index (χ3v) is 5.01. The molecule has 0 N–H and O–H groups in total. The average molecular weight is 419 g/mol. The molecule has 0 aliphatic carbocycles. The molecule has 1 amide bonds. The fourth-order valence-corrected chi connectivity index (χ4v) is 3.65. The van der Waals surface area contributed by atoms with Gasteiger partial charge >= 0.3 is 0 Å². The Labute approximate surface area is 178 Å². The van der Waals surface area contributed by atoms with Crippen molar-refractivity contribution in [2.24, 2.45) is 0 Å². The van der Waals surface area contributed by atoms with Gasteiger partial charge in [0.15, 0.2) is 11.2 Å². The van der Waals surface area contributed by atoms with Crippen LogP contribution in [0.2, 0.25) is 5.02 Å². The maximum Gasteiger partial charge on any atom is 0.295 e. The highest BCUT2D eigenvalue weighted by atomic mass is 35.5.